The van der Waals surface area contributed by atoms with Gasteiger partial charge in [-0.1, -0.05) is 19.9 Å². The predicted octanol–water partition coefficient (Wildman–Crippen LogP) is 1.16. The highest BCUT2D eigenvalue weighted by atomic mass is 32.2. The van der Waals surface area contributed by atoms with Gasteiger partial charge in [-0.2, -0.15) is 0 Å². The molecule has 0 aliphatic heterocycles. The Morgan fingerprint density at radius 1 is 1.35 bits per heavy atom. The maximum atomic E-state index is 11.8. The smallest absolute Gasteiger partial charge is 0.264 e. The number of sulfonamides is 1. The molecular weight excluding hydrogens is 242 g/mol. The average molecular weight is 257 g/mol. The largest absolute Gasteiger partial charge is 0.497 e. The van der Waals surface area contributed by atoms with E-state index in [0.29, 0.717) is 5.75 Å². The molecule has 0 aliphatic carbocycles. The molecule has 0 saturated carbocycles. The molecule has 0 aliphatic rings. The van der Waals surface area contributed by atoms with Crippen LogP contribution in [-0.2, 0) is 14.8 Å². The summed E-state index contributed by atoms with van der Waals surface area (Å²) in [6.45, 7) is 3.24. The number of methoxy groups -OCH3 is 1. The molecule has 17 heavy (non-hydrogen) atoms. The second-order valence-corrected chi connectivity index (χ2v) is 5.49. The van der Waals surface area contributed by atoms with E-state index in [4.69, 9.17) is 4.74 Å². The molecule has 0 fully saturated rings. The van der Waals surface area contributed by atoms with Gasteiger partial charge in [0, 0.05) is 12.0 Å². The second kappa shape index (κ2) is 5.18. The summed E-state index contributed by atoms with van der Waals surface area (Å²) in [5.74, 6) is -0.506. The van der Waals surface area contributed by atoms with E-state index < -0.39 is 21.8 Å². The SMILES string of the molecule is COc1cccc(S(=O)(=O)NC(=O)C(C)C)c1. The van der Waals surface area contributed by atoms with E-state index in [1.165, 1.54) is 19.2 Å². The monoisotopic (exact) mass is 257 g/mol. The fourth-order valence-electron chi connectivity index (χ4n) is 1.08. The van der Waals surface area contributed by atoms with Crippen LogP contribution in [0.5, 0.6) is 5.75 Å². The zero-order chi connectivity index (χ0) is 13.1. The Hall–Kier alpha value is -1.56. The molecule has 5 nitrogen and oxygen atoms in total. The van der Waals surface area contributed by atoms with Crippen molar-refractivity contribution in [2.24, 2.45) is 5.92 Å². The van der Waals surface area contributed by atoms with Gasteiger partial charge in [-0.15, -0.1) is 0 Å². The molecule has 0 radical (unpaired) electrons. The van der Waals surface area contributed by atoms with Gasteiger partial charge in [0.25, 0.3) is 10.0 Å². The summed E-state index contributed by atoms with van der Waals surface area (Å²) >= 11 is 0. The molecule has 0 aromatic heterocycles. The number of nitrogens with one attached hydrogen (secondary N) is 1. The number of hydrogen-bond acceptors (Lipinski definition) is 4. The molecule has 94 valence electrons. The van der Waals surface area contributed by atoms with E-state index in [2.05, 4.69) is 0 Å². The first-order chi connectivity index (χ1) is 7.86. The van der Waals surface area contributed by atoms with Crippen LogP contribution in [-0.4, -0.2) is 21.4 Å². The molecule has 0 bridgehead atoms. The van der Waals surface area contributed by atoms with Crippen molar-refractivity contribution in [3.63, 3.8) is 0 Å². The van der Waals surface area contributed by atoms with Crippen LogP contribution in [0.3, 0.4) is 0 Å². The maximum Gasteiger partial charge on any atom is 0.264 e. The first-order valence-corrected chi connectivity index (χ1v) is 6.56. The molecule has 0 heterocycles. The average Bonchev–Trinajstić information content (AvgIpc) is 2.28. The van der Waals surface area contributed by atoms with Crippen LogP contribution in [0, 0.1) is 5.92 Å². The lowest BCUT2D eigenvalue weighted by Gasteiger charge is -2.09. The topological polar surface area (TPSA) is 72.5 Å². The molecule has 0 unspecified atom stereocenters. The Labute approximate surface area is 101 Å². The van der Waals surface area contributed by atoms with Crippen molar-refractivity contribution in [2.45, 2.75) is 18.7 Å². The van der Waals surface area contributed by atoms with Gasteiger partial charge < -0.3 is 4.74 Å². The van der Waals surface area contributed by atoms with E-state index >= 15 is 0 Å². The van der Waals surface area contributed by atoms with E-state index in [9.17, 15) is 13.2 Å². The number of rotatable bonds is 4. The van der Waals surface area contributed by atoms with Crippen molar-refractivity contribution in [1.82, 2.24) is 4.72 Å². The number of amides is 1. The van der Waals surface area contributed by atoms with Crippen molar-refractivity contribution in [3.8, 4) is 5.75 Å². The molecule has 1 aromatic rings. The summed E-state index contributed by atoms with van der Waals surface area (Å²) in [7, 11) is -2.37. The second-order valence-electron chi connectivity index (χ2n) is 3.80. The van der Waals surface area contributed by atoms with Gasteiger partial charge in [-0.05, 0) is 12.1 Å². The molecule has 0 atom stereocenters. The lowest BCUT2D eigenvalue weighted by Crippen LogP contribution is -2.33. The van der Waals surface area contributed by atoms with E-state index in [1.807, 2.05) is 4.72 Å². The quantitative estimate of drug-likeness (QED) is 0.878. The van der Waals surface area contributed by atoms with Crippen LogP contribution in [0.25, 0.3) is 0 Å². The van der Waals surface area contributed by atoms with Crippen LogP contribution >= 0.6 is 0 Å². The van der Waals surface area contributed by atoms with Crippen LogP contribution < -0.4 is 9.46 Å². The number of benzene rings is 1. The van der Waals surface area contributed by atoms with Crippen molar-refractivity contribution >= 4 is 15.9 Å². The predicted molar refractivity (Wildman–Crippen MR) is 63.2 cm³/mol. The minimum absolute atomic E-state index is 0.00542. The highest BCUT2D eigenvalue weighted by Gasteiger charge is 2.19. The van der Waals surface area contributed by atoms with Crippen LogP contribution in [0.4, 0.5) is 0 Å². The van der Waals surface area contributed by atoms with Crippen molar-refractivity contribution in [2.75, 3.05) is 7.11 Å². The number of hydrogen-bond donors (Lipinski definition) is 1. The van der Waals surface area contributed by atoms with Crippen LogP contribution in [0.1, 0.15) is 13.8 Å². The Morgan fingerprint density at radius 3 is 2.53 bits per heavy atom. The summed E-state index contributed by atoms with van der Waals surface area (Å²) in [5, 5.41) is 0. The lowest BCUT2D eigenvalue weighted by molar-refractivity contribution is -0.122. The fraction of sp³-hybridized carbons (Fsp3) is 0.364. The minimum atomic E-state index is -3.82. The molecule has 1 rings (SSSR count). The first kappa shape index (κ1) is 13.5. The maximum absolute atomic E-state index is 11.8. The van der Waals surface area contributed by atoms with Gasteiger partial charge >= 0.3 is 0 Å². The molecular formula is C11H15NO4S. The Morgan fingerprint density at radius 2 is 2.00 bits per heavy atom. The highest BCUT2D eigenvalue weighted by Crippen LogP contribution is 2.16. The third-order valence-corrected chi connectivity index (χ3v) is 3.46. The van der Waals surface area contributed by atoms with Gasteiger partial charge in [0.15, 0.2) is 0 Å². The van der Waals surface area contributed by atoms with E-state index in [-0.39, 0.29) is 4.90 Å². The standard InChI is InChI=1S/C11H15NO4S/c1-8(2)11(13)12-17(14,15)10-6-4-5-9(7-10)16-3/h4-8H,1-3H3,(H,12,13). The lowest BCUT2D eigenvalue weighted by atomic mass is 10.2. The van der Waals surface area contributed by atoms with Gasteiger partial charge in [0.1, 0.15) is 5.75 Å². The number of ether oxygens (including phenoxy) is 1. The number of carbonyl (C=O) groups is 1. The van der Waals surface area contributed by atoms with Gasteiger partial charge in [0.2, 0.25) is 5.91 Å². The Balaban J connectivity index is 3.01. The molecule has 0 spiro atoms. The zero-order valence-corrected chi connectivity index (χ0v) is 10.7. The molecule has 6 heteroatoms. The van der Waals surface area contributed by atoms with Crippen molar-refractivity contribution in [3.05, 3.63) is 24.3 Å². The normalized spacial score (nSPS) is 11.3. The first-order valence-electron chi connectivity index (χ1n) is 5.07. The third-order valence-electron chi connectivity index (χ3n) is 2.11. The molecule has 1 N–H and O–H groups in total. The van der Waals surface area contributed by atoms with Crippen LogP contribution in [0.2, 0.25) is 0 Å². The minimum Gasteiger partial charge on any atom is -0.497 e. The van der Waals surface area contributed by atoms with Crippen molar-refractivity contribution in [1.29, 1.82) is 0 Å². The summed E-state index contributed by atoms with van der Waals surface area (Å²) in [6, 6.07) is 5.94. The van der Waals surface area contributed by atoms with E-state index in [1.54, 1.807) is 26.0 Å². The van der Waals surface area contributed by atoms with Crippen LogP contribution in [0.15, 0.2) is 29.2 Å². The van der Waals surface area contributed by atoms with Gasteiger partial charge in [0.05, 0.1) is 12.0 Å². The highest BCUT2D eigenvalue weighted by molar-refractivity contribution is 7.90. The Bertz CT molecular complexity index is 508. The molecule has 1 amide bonds. The van der Waals surface area contributed by atoms with Gasteiger partial charge in [-0.25, -0.2) is 13.1 Å². The summed E-state index contributed by atoms with van der Waals surface area (Å²) in [5.41, 5.74) is 0. The third kappa shape index (κ3) is 3.45. The summed E-state index contributed by atoms with van der Waals surface area (Å²) in [4.78, 5) is 11.4. The van der Waals surface area contributed by atoms with Gasteiger partial charge in [-0.3, -0.25) is 4.79 Å². The summed E-state index contributed by atoms with van der Waals surface area (Å²) < 4.78 is 30.6. The fourth-order valence-corrected chi connectivity index (χ4v) is 2.22. The van der Waals surface area contributed by atoms with Crippen molar-refractivity contribution < 1.29 is 17.9 Å². The Kier molecular flexibility index (Phi) is 4.11. The molecule has 0 saturated heterocycles. The zero-order valence-electron chi connectivity index (χ0n) is 9.93. The number of carbonyl (C=O) groups excluding carboxylic acids is 1. The summed E-state index contributed by atoms with van der Waals surface area (Å²) in [6.07, 6.45) is 0. The van der Waals surface area contributed by atoms with E-state index in [0.717, 1.165) is 0 Å². The molecule has 1 aromatic carbocycles.